The van der Waals surface area contributed by atoms with Crippen LogP contribution in [0.3, 0.4) is 0 Å². The van der Waals surface area contributed by atoms with Gasteiger partial charge in [0.1, 0.15) is 6.04 Å². The second-order valence-electron chi connectivity index (χ2n) is 9.40. The Labute approximate surface area is 184 Å². The molecule has 0 bridgehead atoms. The lowest BCUT2D eigenvalue weighted by atomic mass is 9.64. The third kappa shape index (κ3) is 3.85. The van der Waals surface area contributed by atoms with Crippen LogP contribution in [0.5, 0.6) is 0 Å². The minimum absolute atomic E-state index is 0.0782. The van der Waals surface area contributed by atoms with Crippen LogP contribution in [0.1, 0.15) is 93.0 Å². The molecule has 6 heteroatoms. The molecule has 2 amide bonds. The van der Waals surface area contributed by atoms with Crippen molar-refractivity contribution >= 4 is 17.8 Å². The average Bonchev–Trinajstić information content (AvgIpc) is 2.80. The number of methoxy groups -OCH3 is 1. The van der Waals surface area contributed by atoms with E-state index < -0.39 is 23.5 Å². The van der Waals surface area contributed by atoms with Crippen molar-refractivity contribution in [1.82, 2.24) is 10.2 Å². The van der Waals surface area contributed by atoms with Crippen LogP contribution in [-0.2, 0) is 14.3 Å². The van der Waals surface area contributed by atoms with Crippen molar-refractivity contribution in [1.29, 1.82) is 0 Å². The molecular weight excluding hydrogens is 392 g/mol. The maximum atomic E-state index is 13.9. The van der Waals surface area contributed by atoms with Gasteiger partial charge in [0.15, 0.2) is 0 Å². The van der Waals surface area contributed by atoms with E-state index in [-0.39, 0.29) is 17.9 Å². The van der Waals surface area contributed by atoms with Gasteiger partial charge in [0.05, 0.1) is 18.6 Å². The first-order chi connectivity index (χ1) is 15.0. The smallest absolute Gasteiger partial charge is 0.328 e. The number of ether oxygens (including phenoxy) is 1. The van der Waals surface area contributed by atoms with Crippen molar-refractivity contribution in [3.05, 3.63) is 35.4 Å². The van der Waals surface area contributed by atoms with Crippen LogP contribution < -0.4 is 5.32 Å². The lowest BCUT2D eigenvalue weighted by Crippen LogP contribution is -2.66. The standard InChI is InChI=1S/C25H34N2O4/c1-17(24(30)31-2)26-22(28)21-19-13-7-8-14-20(19)23(29)27(18-11-5-3-6-12-18)25(21)15-9-4-10-16-25/h7-8,13-14,17-18,21H,3-6,9-12,15-16H2,1-2H3,(H,26,28). The normalized spacial score (nSPS) is 24.4. The summed E-state index contributed by atoms with van der Waals surface area (Å²) >= 11 is 0. The Morgan fingerprint density at radius 2 is 1.71 bits per heavy atom. The molecule has 1 aromatic carbocycles. The van der Waals surface area contributed by atoms with Gasteiger partial charge in [-0.3, -0.25) is 9.59 Å². The number of fused-ring (bicyclic) bond motifs is 1. The van der Waals surface area contributed by atoms with Gasteiger partial charge in [-0.15, -0.1) is 0 Å². The van der Waals surface area contributed by atoms with Crippen LogP contribution in [0.15, 0.2) is 24.3 Å². The first kappa shape index (κ1) is 21.8. The maximum absolute atomic E-state index is 13.9. The summed E-state index contributed by atoms with van der Waals surface area (Å²) in [5, 5.41) is 2.90. The van der Waals surface area contributed by atoms with Gasteiger partial charge in [0, 0.05) is 11.6 Å². The minimum atomic E-state index is -0.730. The third-order valence-corrected chi connectivity index (χ3v) is 7.57. The fraction of sp³-hybridized carbons (Fsp3) is 0.640. The predicted molar refractivity (Wildman–Crippen MR) is 118 cm³/mol. The van der Waals surface area contributed by atoms with Crippen molar-refractivity contribution in [2.24, 2.45) is 0 Å². The molecule has 2 unspecified atom stereocenters. The zero-order valence-electron chi connectivity index (χ0n) is 18.7. The topological polar surface area (TPSA) is 75.7 Å². The second kappa shape index (κ2) is 9.01. The van der Waals surface area contributed by atoms with Crippen LogP contribution >= 0.6 is 0 Å². The van der Waals surface area contributed by atoms with E-state index in [1.54, 1.807) is 6.92 Å². The summed E-state index contributed by atoms with van der Waals surface area (Å²) in [5.74, 6) is -1.04. The summed E-state index contributed by atoms with van der Waals surface area (Å²) in [7, 11) is 1.33. The van der Waals surface area contributed by atoms with Crippen LogP contribution in [0.2, 0.25) is 0 Å². The molecule has 1 N–H and O–H groups in total. The second-order valence-corrected chi connectivity index (χ2v) is 9.40. The summed E-state index contributed by atoms with van der Waals surface area (Å²) in [6, 6.07) is 7.01. The molecule has 0 saturated heterocycles. The molecule has 1 aromatic rings. The van der Waals surface area contributed by atoms with Gasteiger partial charge in [0.2, 0.25) is 5.91 Å². The summed E-state index contributed by atoms with van der Waals surface area (Å²) in [4.78, 5) is 41.7. The number of esters is 1. The van der Waals surface area contributed by atoms with Gasteiger partial charge >= 0.3 is 5.97 Å². The third-order valence-electron chi connectivity index (χ3n) is 7.57. The van der Waals surface area contributed by atoms with Gasteiger partial charge in [-0.2, -0.15) is 0 Å². The zero-order chi connectivity index (χ0) is 22.0. The van der Waals surface area contributed by atoms with Crippen molar-refractivity contribution in [3.63, 3.8) is 0 Å². The number of hydrogen-bond donors (Lipinski definition) is 1. The predicted octanol–water partition coefficient (Wildman–Crippen LogP) is 3.94. The van der Waals surface area contributed by atoms with E-state index >= 15 is 0 Å². The largest absolute Gasteiger partial charge is 0.467 e. The van der Waals surface area contributed by atoms with Gasteiger partial charge in [0.25, 0.3) is 5.91 Å². The maximum Gasteiger partial charge on any atom is 0.328 e. The molecule has 2 aliphatic carbocycles. The Kier molecular flexibility index (Phi) is 6.35. The quantitative estimate of drug-likeness (QED) is 0.740. The number of nitrogens with zero attached hydrogens (tertiary/aromatic N) is 1. The van der Waals surface area contributed by atoms with Crippen LogP contribution in [0.4, 0.5) is 0 Å². The van der Waals surface area contributed by atoms with Crippen molar-refractivity contribution in [3.8, 4) is 0 Å². The Bertz CT molecular complexity index is 840. The van der Waals surface area contributed by atoms with Gasteiger partial charge in [-0.1, -0.05) is 56.7 Å². The van der Waals surface area contributed by atoms with Gasteiger partial charge < -0.3 is 15.0 Å². The van der Waals surface area contributed by atoms with Gasteiger partial charge in [-0.25, -0.2) is 4.79 Å². The molecule has 2 saturated carbocycles. The Hall–Kier alpha value is -2.37. The highest BCUT2D eigenvalue weighted by atomic mass is 16.5. The highest BCUT2D eigenvalue weighted by molar-refractivity contribution is 6.02. The molecule has 2 atom stereocenters. The van der Waals surface area contributed by atoms with Crippen molar-refractivity contribution < 1.29 is 19.1 Å². The first-order valence-corrected chi connectivity index (χ1v) is 11.8. The summed E-state index contributed by atoms with van der Waals surface area (Å²) in [5.41, 5.74) is 0.914. The Morgan fingerprint density at radius 1 is 1.06 bits per heavy atom. The lowest BCUT2D eigenvalue weighted by molar-refractivity contribution is -0.145. The van der Waals surface area contributed by atoms with E-state index in [4.69, 9.17) is 4.74 Å². The number of rotatable bonds is 4. The molecular formula is C25H34N2O4. The zero-order valence-corrected chi connectivity index (χ0v) is 18.7. The van der Waals surface area contributed by atoms with Crippen LogP contribution in [0.25, 0.3) is 0 Å². The molecule has 1 aliphatic heterocycles. The molecule has 1 spiro atoms. The van der Waals surface area contributed by atoms with Crippen molar-refractivity contribution in [2.75, 3.05) is 7.11 Å². The highest BCUT2D eigenvalue weighted by Gasteiger charge is 2.56. The molecule has 2 fully saturated rings. The number of carbonyl (C=O) groups is 3. The van der Waals surface area contributed by atoms with E-state index in [0.29, 0.717) is 5.56 Å². The van der Waals surface area contributed by atoms with E-state index in [9.17, 15) is 14.4 Å². The molecule has 0 radical (unpaired) electrons. The Balaban J connectivity index is 1.81. The molecule has 4 rings (SSSR count). The summed E-state index contributed by atoms with van der Waals surface area (Å²) in [6.45, 7) is 1.65. The lowest BCUT2D eigenvalue weighted by Gasteiger charge is -2.57. The fourth-order valence-electron chi connectivity index (χ4n) is 6.18. The number of carbonyl (C=O) groups excluding carboxylic acids is 3. The summed E-state index contributed by atoms with van der Waals surface area (Å²) in [6.07, 6.45) is 10.3. The van der Waals surface area contributed by atoms with E-state index in [2.05, 4.69) is 10.2 Å². The van der Waals surface area contributed by atoms with E-state index in [0.717, 1.165) is 63.4 Å². The van der Waals surface area contributed by atoms with E-state index in [1.807, 2.05) is 24.3 Å². The number of amides is 2. The monoisotopic (exact) mass is 426 g/mol. The molecule has 31 heavy (non-hydrogen) atoms. The SMILES string of the molecule is COC(=O)C(C)NC(=O)C1c2ccccc2C(=O)N(C2CCCCC2)C12CCCCC2. The van der Waals surface area contributed by atoms with Crippen LogP contribution in [-0.4, -0.2) is 47.4 Å². The first-order valence-electron chi connectivity index (χ1n) is 11.8. The molecule has 1 heterocycles. The minimum Gasteiger partial charge on any atom is -0.467 e. The summed E-state index contributed by atoms with van der Waals surface area (Å²) < 4.78 is 4.82. The fourth-order valence-corrected chi connectivity index (χ4v) is 6.18. The molecule has 0 aromatic heterocycles. The number of nitrogens with one attached hydrogen (secondary N) is 1. The van der Waals surface area contributed by atoms with Crippen molar-refractivity contribution in [2.45, 2.75) is 94.7 Å². The molecule has 3 aliphatic rings. The van der Waals surface area contributed by atoms with Crippen LogP contribution in [0, 0.1) is 0 Å². The number of hydrogen-bond acceptors (Lipinski definition) is 4. The highest BCUT2D eigenvalue weighted by Crippen LogP contribution is 2.51. The Morgan fingerprint density at radius 3 is 2.39 bits per heavy atom. The average molecular weight is 427 g/mol. The molecule has 6 nitrogen and oxygen atoms in total. The molecule has 168 valence electrons. The van der Waals surface area contributed by atoms with Gasteiger partial charge in [-0.05, 0) is 44.2 Å². The number of benzene rings is 1. The van der Waals surface area contributed by atoms with E-state index in [1.165, 1.54) is 13.5 Å².